The molecule has 4 unspecified atom stereocenters. The van der Waals surface area contributed by atoms with Gasteiger partial charge in [-0.3, -0.25) is 0 Å². The van der Waals surface area contributed by atoms with Crippen LogP contribution in [0.1, 0.15) is 48.0 Å². The van der Waals surface area contributed by atoms with Crippen molar-refractivity contribution < 1.29 is 0 Å². The largest absolute Gasteiger partial charge is 0.0625 e. The van der Waals surface area contributed by atoms with E-state index in [2.05, 4.69) is 41.5 Å². The van der Waals surface area contributed by atoms with Gasteiger partial charge < -0.3 is 0 Å². The molecule has 0 aromatic rings. The Balaban J connectivity index is 2.43. The molecule has 0 saturated heterocycles. The molecule has 1 aliphatic carbocycles. The van der Waals surface area contributed by atoms with Gasteiger partial charge in [0.2, 0.25) is 0 Å². The minimum Gasteiger partial charge on any atom is -0.0625 e. The third-order valence-electron chi connectivity index (χ3n) is 4.48. The molecule has 0 amide bonds. The van der Waals surface area contributed by atoms with Crippen molar-refractivity contribution in [2.45, 2.75) is 48.0 Å². The quantitative estimate of drug-likeness (QED) is 0.613. The summed E-state index contributed by atoms with van der Waals surface area (Å²) in [5.74, 6) is 5.66. The Kier molecular flexibility index (Phi) is 3.43. The van der Waals surface area contributed by atoms with Crippen LogP contribution in [0.5, 0.6) is 0 Å². The van der Waals surface area contributed by atoms with Crippen LogP contribution in [0, 0.1) is 35.5 Å². The van der Waals surface area contributed by atoms with E-state index in [0.29, 0.717) is 0 Å². The van der Waals surface area contributed by atoms with E-state index in [1.807, 2.05) is 0 Å². The highest BCUT2D eigenvalue weighted by molar-refractivity contribution is 4.91. The molecular formula is C13H26. The van der Waals surface area contributed by atoms with E-state index >= 15 is 0 Å². The molecule has 0 aromatic carbocycles. The second kappa shape index (κ2) is 4.02. The molecule has 0 aromatic heterocycles. The minimum absolute atomic E-state index is 0.862. The van der Waals surface area contributed by atoms with Crippen LogP contribution < -0.4 is 0 Å². The van der Waals surface area contributed by atoms with E-state index in [1.165, 1.54) is 6.42 Å². The van der Waals surface area contributed by atoms with Gasteiger partial charge in [0, 0.05) is 0 Å². The predicted molar refractivity (Wildman–Crippen MR) is 59.6 cm³/mol. The molecule has 0 spiro atoms. The van der Waals surface area contributed by atoms with Gasteiger partial charge in [0.1, 0.15) is 0 Å². The molecule has 78 valence electrons. The van der Waals surface area contributed by atoms with Crippen LogP contribution in [0.4, 0.5) is 0 Å². The Labute approximate surface area is 84.1 Å². The third-order valence-corrected chi connectivity index (χ3v) is 4.48. The zero-order valence-corrected chi connectivity index (χ0v) is 10.2. The third kappa shape index (κ3) is 2.08. The Bertz CT molecular complexity index is 157. The molecule has 0 nitrogen and oxygen atoms in total. The molecule has 1 fully saturated rings. The highest BCUT2D eigenvalue weighted by Crippen LogP contribution is 2.49. The van der Waals surface area contributed by atoms with Gasteiger partial charge in [-0.2, -0.15) is 0 Å². The average Bonchev–Trinajstić information content (AvgIpc) is 2.00. The van der Waals surface area contributed by atoms with Gasteiger partial charge in [-0.1, -0.05) is 41.5 Å². The normalized spacial score (nSPS) is 36.5. The molecule has 0 bridgehead atoms. The summed E-state index contributed by atoms with van der Waals surface area (Å²) in [6.45, 7) is 14.4. The maximum absolute atomic E-state index is 2.46. The summed E-state index contributed by atoms with van der Waals surface area (Å²) in [7, 11) is 0. The van der Waals surface area contributed by atoms with Crippen molar-refractivity contribution >= 4 is 0 Å². The predicted octanol–water partition coefficient (Wildman–Crippen LogP) is 4.21. The smallest absolute Gasteiger partial charge is 0.0355 e. The van der Waals surface area contributed by atoms with E-state index < -0.39 is 0 Å². The van der Waals surface area contributed by atoms with Crippen LogP contribution in [0.15, 0.2) is 0 Å². The highest BCUT2D eigenvalue weighted by Gasteiger charge is 2.42. The van der Waals surface area contributed by atoms with Crippen molar-refractivity contribution in [1.29, 1.82) is 0 Å². The van der Waals surface area contributed by atoms with Crippen molar-refractivity contribution in [2.24, 2.45) is 35.5 Å². The van der Waals surface area contributed by atoms with Crippen molar-refractivity contribution in [1.82, 2.24) is 0 Å². The van der Waals surface area contributed by atoms with E-state index in [-0.39, 0.29) is 0 Å². The van der Waals surface area contributed by atoms with Gasteiger partial charge in [0.25, 0.3) is 0 Å². The van der Waals surface area contributed by atoms with Crippen LogP contribution >= 0.6 is 0 Å². The van der Waals surface area contributed by atoms with Crippen molar-refractivity contribution in [3.05, 3.63) is 0 Å². The maximum atomic E-state index is 2.46. The molecule has 1 aliphatic rings. The second-order valence-corrected chi connectivity index (χ2v) is 5.77. The van der Waals surface area contributed by atoms with Gasteiger partial charge in [-0.25, -0.2) is 0 Å². The Morgan fingerprint density at radius 1 is 0.923 bits per heavy atom. The lowest BCUT2D eigenvalue weighted by Crippen LogP contribution is -2.42. The first-order valence-electron chi connectivity index (χ1n) is 5.95. The molecule has 0 radical (unpaired) electrons. The van der Waals surface area contributed by atoms with Crippen LogP contribution in [-0.4, -0.2) is 0 Å². The number of rotatable bonds is 3. The van der Waals surface area contributed by atoms with Gasteiger partial charge in [0.05, 0.1) is 0 Å². The standard InChI is InChI=1S/C13H26/c1-8(2)10(5)13-7-12(9(3)4)11(13)6/h8-13H,7H2,1-6H3. The summed E-state index contributed by atoms with van der Waals surface area (Å²) in [5.41, 5.74) is 0. The minimum atomic E-state index is 0.862. The molecule has 0 heterocycles. The maximum Gasteiger partial charge on any atom is -0.0355 e. The number of hydrogen-bond donors (Lipinski definition) is 0. The molecular weight excluding hydrogens is 156 g/mol. The lowest BCUT2D eigenvalue weighted by atomic mass is 9.56. The summed E-state index contributed by atoms with van der Waals surface area (Å²) in [6, 6.07) is 0. The van der Waals surface area contributed by atoms with Crippen molar-refractivity contribution in [3.8, 4) is 0 Å². The van der Waals surface area contributed by atoms with Gasteiger partial charge in [-0.05, 0) is 41.9 Å². The van der Waals surface area contributed by atoms with E-state index in [0.717, 1.165) is 35.5 Å². The fraction of sp³-hybridized carbons (Fsp3) is 1.00. The lowest BCUT2D eigenvalue weighted by Gasteiger charge is -2.49. The second-order valence-electron chi connectivity index (χ2n) is 5.77. The molecule has 0 N–H and O–H groups in total. The fourth-order valence-corrected chi connectivity index (χ4v) is 2.93. The molecule has 0 heteroatoms. The SMILES string of the molecule is CC(C)C(C)C1CC(C(C)C)C1C. The fourth-order valence-electron chi connectivity index (χ4n) is 2.93. The number of hydrogen-bond acceptors (Lipinski definition) is 0. The molecule has 1 rings (SSSR count). The van der Waals surface area contributed by atoms with Gasteiger partial charge >= 0.3 is 0 Å². The summed E-state index contributed by atoms with van der Waals surface area (Å²) in [5, 5.41) is 0. The summed E-state index contributed by atoms with van der Waals surface area (Å²) in [6.07, 6.45) is 1.48. The zero-order valence-electron chi connectivity index (χ0n) is 10.2. The van der Waals surface area contributed by atoms with E-state index in [1.54, 1.807) is 0 Å². The van der Waals surface area contributed by atoms with Crippen LogP contribution in [0.3, 0.4) is 0 Å². The summed E-state index contributed by atoms with van der Waals surface area (Å²) < 4.78 is 0. The first kappa shape index (κ1) is 11.1. The lowest BCUT2D eigenvalue weighted by molar-refractivity contribution is -0.00189. The first-order chi connectivity index (χ1) is 5.95. The van der Waals surface area contributed by atoms with Crippen molar-refractivity contribution in [3.63, 3.8) is 0 Å². The topological polar surface area (TPSA) is 0 Å². The van der Waals surface area contributed by atoms with Crippen LogP contribution in [0.2, 0.25) is 0 Å². The van der Waals surface area contributed by atoms with Crippen molar-refractivity contribution in [2.75, 3.05) is 0 Å². The highest BCUT2D eigenvalue weighted by atomic mass is 14.5. The average molecular weight is 182 g/mol. The van der Waals surface area contributed by atoms with Crippen LogP contribution in [0.25, 0.3) is 0 Å². The molecule has 0 aliphatic heterocycles. The molecule has 4 atom stereocenters. The van der Waals surface area contributed by atoms with Crippen LogP contribution in [-0.2, 0) is 0 Å². The van der Waals surface area contributed by atoms with Gasteiger partial charge in [0.15, 0.2) is 0 Å². The monoisotopic (exact) mass is 182 g/mol. The molecule has 13 heavy (non-hydrogen) atoms. The Hall–Kier alpha value is 0. The van der Waals surface area contributed by atoms with Gasteiger partial charge in [-0.15, -0.1) is 0 Å². The van der Waals surface area contributed by atoms with E-state index in [4.69, 9.17) is 0 Å². The molecule has 1 saturated carbocycles. The first-order valence-corrected chi connectivity index (χ1v) is 5.95. The summed E-state index contributed by atoms with van der Waals surface area (Å²) >= 11 is 0. The zero-order chi connectivity index (χ0) is 10.2. The van der Waals surface area contributed by atoms with E-state index in [9.17, 15) is 0 Å². The Morgan fingerprint density at radius 3 is 1.77 bits per heavy atom. The summed E-state index contributed by atoms with van der Waals surface area (Å²) in [4.78, 5) is 0. The Morgan fingerprint density at radius 2 is 1.46 bits per heavy atom.